The highest BCUT2D eigenvalue weighted by molar-refractivity contribution is 5.75. The highest BCUT2D eigenvalue weighted by Gasteiger charge is 2.27. The van der Waals surface area contributed by atoms with Gasteiger partial charge in [-0.15, -0.1) is 0 Å². The van der Waals surface area contributed by atoms with Crippen LogP contribution in [0.1, 0.15) is 31.7 Å². The maximum absolute atomic E-state index is 12.1. The summed E-state index contributed by atoms with van der Waals surface area (Å²) in [7, 11) is 0. The van der Waals surface area contributed by atoms with E-state index < -0.39 is 6.04 Å². The molecule has 1 atom stereocenters. The summed E-state index contributed by atoms with van der Waals surface area (Å²) in [5, 5.41) is 0. The summed E-state index contributed by atoms with van der Waals surface area (Å²) in [5.74, 6) is -0.00946. The Bertz CT molecular complexity index is 527. The number of benzene rings is 1. The van der Waals surface area contributed by atoms with E-state index in [-0.39, 0.29) is 18.7 Å². The van der Waals surface area contributed by atoms with Crippen LogP contribution in [0.3, 0.4) is 0 Å². The van der Waals surface area contributed by atoms with Crippen molar-refractivity contribution in [3.8, 4) is 0 Å². The van der Waals surface area contributed by atoms with Gasteiger partial charge in [0.25, 0.3) is 0 Å². The molecule has 6 heteroatoms. The topological polar surface area (TPSA) is 81.9 Å². The molecule has 2 N–H and O–H groups in total. The van der Waals surface area contributed by atoms with Crippen LogP contribution < -0.4 is 5.73 Å². The number of rotatable bonds is 6. The molecule has 1 fully saturated rings. The van der Waals surface area contributed by atoms with E-state index in [1.807, 2.05) is 30.3 Å². The smallest absolute Gasteiger partial charge is 0.410 e. The fourth-order valence-electron chi connectivity index (χ4n) is 2.87. The number of likely N-dealkylation sites (tertiary alicyclic amines) is 1. The zero-order valence-electron chi connectivity index (χ0n) is 14.1. The third-order valence-corrected chi connectivity index (χ3v) is 4.25. The molecule has 0 spiro atoms. The third-order valence-electron chi connectivity index (χ3n) is 4.25. The number of piperidine rings is 1. The van der Waals surface area contributed by atoms with Crippen molar-refractivity contribution in [1.82, 2.24) is 4.90 Å². The Morgan fingerprint density at radius 2 is 1.88 bits per heavy atom. The molecule has 1 aliphatic rings. The summed E-state index contributed by atoms with van der Waals surface area (Å²) in [6.45, 7) is 3.66. The van der Waals surface area contributed by atoms with Gasteiger partial charge in [-0.05, 0) is 37.7 Å². The predicted octanol–water partition coefficient (Wildman–Crippen LogP) is 2.32. The molecule has 1 saturated heterocycles. The molecule has 0 saturated carbocycles. The first kappa shape index (κ1) is 18.3. The summed E-state index contributed by atoms with van der Waals surface area (Å²) < 4.78 is 10.3. The molecule has 1 aromatic carbocycles. The molecule has 1 aliphatic heterocycles. The van der Waals surface area contributed by atoms with Gasteiger partial charge in [0.05, 0.1) is 6.61 Å². The van der Waals surface area contributed by atoms with Crippen molar-refractivity contribution in [2.45, 2.75) is 38.8 Å². The van der Waals surface area contributed by atoms with Gasteiger partial charge in [-0.2, -0.15) is 0 Å². The Labute approximate surface area is 142 Å². The van der Waals surface area contributed by atoms with Gasteiger partial charge in [-0.1, -0.05) is 30.3 Å². The largest absolute Gasteiger partial charge is 0.465 e. The van der Waals surface area contributed by atoms with Gasteiger partial charge in [0.2, 0.25) is 0 Å². The normalized spacial score (nSPS) is 16.5. The first-order valence-electron chi connectivity index (χ1n) is 8.48. The molecule has 24 heavy (non-hydrogen) atoms. The number of carbonyl (C=O) groups is 2. The van der Waals surface area contributed by atoms with Crippen molar-refractivity contribution in [2.24, 2.45) is 11.7 Å². The summed E-state index contributed by atoms with van der Waals surface area (Å²) in [6, 6.07) is 9.04. The van der Waals surface area contributed by atoms with Gasteiger partial charge in [0.1, 0.15) is 12.6 Å². The molecule has 1 heterocycles. The minimum absolute atomic E-state index is 0.285. The molecular weight excluding hydrogens is 308 g/mol. The molecule has 1 aromatic rings. The van der Waals surface area contributed by atoms with E-state index in [9.17, 15) is 9.59 Å². The number of amides is 1. The number of carbonyl (C=O) groups excluding carboxylic acids is 2. The van der Waals surface area contributed by atoms with Crippen molar-refractivity contribution in [3.63, 3.8) is 0 Å². The van der Waals surface area contributed by atoms with Crippen LogP contribution in [-0.4, -0.2) is 42.7 Å². The number of nitrogens with two attached hydrogens (primary N) is 1. The Morgan fingerprint density at radius 1 is 1.21 bits per heavy atom. The van der Waals surface area contributed by atoms with Crippen molar-refractivity contribution in [1.29, 1.82) is 0 Å². The third kappa shape index (κ3) is 5.53. The predicted molar refractivity (Wildman–Crippen MR) is 90.1 cm³/mol. The standard InChI is InChI=1S/C18H26N2O4/c1-2-23-17(21)16(19)12-14-8-10-20(11-9-14)18(22)24-13-15-6-4-3-5-7-15/h3-7,14,16H,2,8-13,19H2,1H3. The van der Waals surface area contributed by atoms with E-state index in [4.69, 9.17) is 15.2 Å². The second-order valence-corrected chi connectivity index (χ2v) is 6.06. The van der Waals surface area contributed by atoms with Gasteiger partial charge in [0, 0.05) is 13.1 Å². The lowest BCUT2D eigenvalue weighted by Crippen LogP contribution is -2.41. The molecule has 0 bridgehead atoms. The zero-order chi connectivity index (χ0) is 17.4. The number of hydrogen-bond acceptors (Lipinski definition) is 5. The van der Waals surface area contributed by atoms with Crippen LogP contribution in [0.2, 0.25) is 0 Å². The summed E-state index contributed by atoms with van der Waals surface area (Å²) in [6.07, 6.45) is 1.97. The van der Waals surface area contributed by atoms with E-state index in [0.29, 0.717) is 32.0 Å². The van der Waals surface area contributed by atoms with E-state index >= 15 is 0 Å². The van der Waals surface area contributed by atoms with Gasteiger partial charge < -0.3 is 20.1 Å². The Kier molecular flexibility index (Phi) is 7.06. The minimum atomic E-state index is -0.577. The Morgan fingerprint density at radius 3 is 2.50 bits per heavy atom. The van der Waals surface area contributed by atoms with Crippen LogP contribution in [0.15, 0.2) is 30.3 Å². The number of nitrogens with zero attached hydrogens (tertiary/aromatic N) is 1. The number of hydrogen-bond donors (Lipinski definition) is 1. The lowest BCUT2D eigenvalue weighted by atomic mass is 9.90. The second-order valence-electron chi connectivity index (χ2n) is 6.06. The van der Waals surface area contributed by atoms with Crippen LogP contribution in [0.25, 0.3) is 0 Å². The van der Waals surface area contributed by atoms with Crippen molar-refractivity contribution in [3.05, 3.63) is 35.9 Å². The highest BCUT2D eigenvalue weighted by atomic mass is 16.6. The first-order valence-corrected chi connectivity index (χ1v) is 8.48. The molecule has 0 aliphatic carbocycles. The maximum atomic E-state index is 12.1. The lowest BCUT2D eigenvalue weighted by molar-refractivity contribution is -0.145. The average Bonchev–Trinajstić information content (AvgIpc) is 2.61. The fraction of sp³-hybridized carbons (Fsp3) is 0.556. The number of esters is 1. The van der Waals surface area contributed by atoms with E-state index in [1.54, 1.807) is 11.8 Å². The molecule has 2 rings (SSSR count). The Balaban J connectivity index is 1.70. The average molecular weight is 334 g/mol. The molecule has 132 valence electrons. The molecule has 6 nitrogen and oxygen atoms in total. The molecule has 0 aromatic heterocycles. The van der Waals surface area contributed by atoms with Crippen LogP contribution in [0.4, 0.5) is 4.79 Å². The van der Waals surface area contributed by atoms with Gasteiger partial charge in [0.15, 0.2) is 0 Å². The summed E-state index contributed by atoms with van der Waals surface area (Å²) in [5.41, 5.74) is 6.83. The van der Waals surface area contributed by atoms with Crippen LogP contribution in [0.5, 0.6) is 0 Å². The van der Waals surface area contributed by atoms with Gasteiger partial charge in [-0.25, -0.2) is 4.79 Å². The monoisotopic (exact) mass is 334 g/mol. The first-order chi connectivity index (χ1) is 11.6. The SMILES string of the molecule is CCOC(=O)C(N)CC1CCN(C(=O)OCc2ccccc2)CC1. The molecule has 1 unspecified atom stereocenters. The number of ether oxygens (including phenoxy) is 2. The molecule has 0 radical (unpaired) electrons. The lowest BCUT2D eigenvalue weighted by Gasteiger charge is -2.32. The second kappa shape index (κ2) is 9.27. The maximum Gasteiger partial charge on any atom is 0.410 e. The van der Waals surface area contributed by atoms with Crippen molar-refractivity contribution in [2.75, 3.05) is 19.7 Å². The zero-order valence-corrected chi connectivity index (χ0v) is 14.1. The van der Waals surface area contributed by atoms with Crippen LogP contribution in [0, 0.1) is 5.92 Å². The molecule has 1 amide bonds. The van der Waals surface area contributed by atoms with Gasteiger partial charge >= 0.3 is 12.1 Å². The molecular formula is C18H26N2O4. The van der Waals surface area contributed by atoms with Crippen molar-refractivity contribution >= 4 is 12.1 Å². The summed E-state index contributed by atoms with van der Waals surface area (Å²) in [4.78, 5) is 25.4. The Hall–Kier alpha value is -2.08. The summed E-state index contributed by atoms with van der Waals surface area (Å²) >= 11 is 0. The van der Waals surface area contributed by atoms with E-state index in [0.717, 1.165) is 18.4 Å². The minimum Gasteiger partial charge on any atom is -0.465 e. The van der Waals surface area contributed by atoms with Crippen LogP contribution in [-0.2, 0) is 20.9 Å². The fourth-order valence-corrected chi connectivity index (χ4v) is 2.87. The van der Waals surface area contributed by atoms with E-state index in [1.165, 1.54) is 0 Å². The van der Waals surface area contributed by atoms with Crippen molar-refractivity contribution < 1.29 is 19.1 Å². The van der Waals surface area contributed by atoms with Gasteiger partial charge in [-0.3, -0.25) is 4.79 Å². The highest BCUT2D eigenvalue weighted by Crippen LogP contribution is 2.22. The quantitative estimate of drug-likeness (QED) is 0.807. The van der Waals surface area contributed by atoms with Crippen LogP contribution >= 0.6 is 0 Å². The van der Waals surface area contributed by atoms with E-state index in [2.05, 4.69) is 0 Å².